The Morgan fingerprint density at radius 1 is 1.28 bits per heavy atom. The van der Waals surface area contributed by atoms with E-state index in [2.05, 4.69) is 0 Å². The maximum atomic E-state index is 14.2. The normalized spacial score (nSPS) is 17.3. The second-order valence-corrected chi connectivity index (χ2v) is 9.97. The van der Waals surface area contributed by atoms with Crippen LogP contribution in [0.4, 0.5) is 10.1 Å². The van der Waals surface area contributed by atoms with E-state index >= 15 is 0 Å². The Kier molecular flexibility index (Phi) is 6.49. The summed E-state index contributed by atoms with van der Waals surface area (Å²) in [6.07, 6.45) is 2.90. The lowest BCUT2D eigenvalue weighted by Gasteiger charge is -2.34. The van der Waals surface area contributed by atoms with Crippen molar-refractivity contribution in [2.24, 2.45) is 5.92 Å². The van der Waals surface area contributed by atoms with Crippen LogP contribution in [0.5, 0.6) is 0 Å². The molecular formula is C21H23ClFNO4S. The summed E-state index contributed by atoms with van der Waals surface area (Å²) in [6.45, 7) is 0.741. The molecule has 1 N–H and O–H groups in total. The van der Waals surface area contributed by atoms with Crippen LogP contribution in [0.25, 0.3) is 0 Å². The Morgan fingerprint density at radius 2 is 1.97 bits per heavy atom. The van der Waals surface area contributed by atoms with Gasteiger partial charge in [-0.2, -0.15) is 0 Å². The molecular weight excluding hydrogens is 417 g/mol. The summed E-state index contributed by atoms with van der Waals surface area (Å²) in [7, 11) is -3.69. The molecule has 0 unspecified atom stereocenters. The third-order valence-corrected chi connectivity index (χ3v) is 6.48. The first-order chi connectivity index (χ1) is 13.6. The van der Waals surface area contributed by atoms with Crippen molar-refractivity contribution in [3.05, 3.63) is 58.4 Å². The highest BCUT2D eigenvalue weighted by Crippen LogP contribution is 2.36. The second-order valence-electron chi connectivity index (χ2n) is 7.55. The van der Waals surface area contributed by atoms with Crippen molar-refractivity contribution in [1.82, 2.24) is 0 Å². The Morgan fingerprint density at radius 3 is 2.59 bits per heavy atom. The highest BCUT2D eigenvalue weighted by Gasteiger charge is 2.28. The summed E-state index contributed by atoms with van der Waals surface area (Å²) in [5.41, 5.74) is 2.01. The van der Waals surface area contributed by atoms with Gasteiger partial charge in [-0.3, -0.25) is 4.79 Å². The molecule has 0 saturated carbocycles. The van der Waals surface area contributed by atoms with Crippen molar-refractivity contribution in [1.29, 1.82) is 0 Å². The predicted molar refractivity (Wildman–Crippen MR) is 111 cm³/mol. The molecule has 0 radical (unpaired) electrons. The molecule has 0 aromatic heterocycles. The van der Waals surface area contributed by atoms with E-state index in [9.17, 15) is 22.7 Å². The third kappa shape index (κ3) is 5.48. The van der Waals surface area contributed by atoms with Crippen molar-refractivity contribution in [3.63, 3.8) is 0 Å². The number of aryl methyl sites for hydroxylation is 1. The van der Waals surface area contributed by atoms with Crippen LogP contribution < -0.4 is 4.90 Å². The van der Waals surface area contributed by atoms with Gasteiger partial charge in [-0.1, -0.05) is 23.7 Å². The van der Waals surface area contributed by atoms with Gasteiger partial charge in [0.1, 0.15) is 5.82 Å². The lowest BCUT2D eigenvalue weighted by molar-refractivity contribution is -0.138. The molecule has 0 spiro atoms. The van der Waals surface area contributed by atoms with Gasteiger partial charge in [0, 0.05) is 30.8 Å². The lowest BCUT2D eigenvalue weighted by Crippen LogP contribution is -2.33. The van der Waals surface area contributed by atoms with E-state index in [1.165, 1.54) is 6.07 Å². The molecule has 2 aromatic carbocycles. The van der Waals surface area contributed by atoms with E-state index in [-0.39, 0.29) is 17.2 Å². The highest BCUT2D eigenvalue weighted by molar-refractivity contribution is 7.90. The maximum Gasteiger partial charge on any atom is 0.303 e. The summed E-state index contributed by atoms with van der Waals surface area (Å²) in [5.74, 6) is -1.60. The molecule has 1 atom stereocenters. The number of benzene rings is 2. The van der Waals surface area contributed by atoms with Gasteiger partial charge in [0.25, 0.3) is 0 Å². The monoisotopic (exact) mass is 439 g/mol. The first-order valence-electron chi connectivity index (χ1n) is 9.37. The van der Waals surface area contributed by atoms with Crippen LogP contribution in [-0.2, 0) is 27.6 Å². The van der Waals surface area contributed by atoms with Crippen LogP contribution in [0.2, 0.25) is 5.02 Å². The Labute approximate surface area is 175 Å². The molecule has 1 aliphatic heterocycles. The fourth-order valence-corrected chi connectivity index (χ4v) is 4.97. The summed E-state index contributed by atoms with van der Waals surface area (Å²) >= 11 is 5.97. The molecule has 5 nitrogen and oxygen atoms in total. The number of carboxylic acids is 1. The fourth-order valence-electron chi connectivity index (χ4n) is 3.90. The van der Waals surface area contributed by atoms with Crippen molar-refractivity contribution < 1.29 is 22.7 Å². The Hall–Kier alpha value is -2.12. The van der Waals surface area contributed by atoms with E-state index < -0.39 is 21.6 Å². The predicted octanol–water partition coefficient (Wildman–Crippen LogP) is 4.32. The quantitative estimate of drug-likeness (QED) is 0.751. The van der Waals surface area contributed by atoms with Crippen LogP contribution >= 0.6 is 11.6 Å². The van der Waals surface area contributed by atoms with Crippen LogP contribution in [0.15, 0.2) is 41.3 Å². The molecule has 8 heteroatoms. The average molecular weight is 440 g/mol. The molecule has 2 aromatic rings. The topological polar surface area (TPSA) is 74.7 Å². The number of sulfone groups is 1. The fraction of sp³-hybridized carbons (Fsp3) is 0.381. The minimum atomic E-state index is -3.69. The van der Waals surface area contributed by atoms with E-state index in [0.717, 1.165) is 17.9 Å². The maximum absolute atomic E-state index is 14.2. The van der Waals surface area contributed by atoms with Crippen LogP contribution in [-0.4, -0.2) is 32.3 Å². The standard InChI is InChI=1S/C21H23ClFNO4S/c1-29(27,28)19-11-18(23)10-16-4-2-3-15(9-20(25)26)13-24(21(16)19)12-14-5-7-17(22)8-6-14/h5-8,10-11,15H,2-4,9,12-13H2,1H3,(H,25,26)/t15-/m1/s1. The smallest absolute Gasteiger partial charge is 0.303 e. The van der Waals surface area contributed by atoms with E-state index in [1.54, 1.807) is 12.1 Å². The van der Waals surface area contributed by atoms with Gasteiger partial charge in [-0.05, 0) is 60.6 Å². The Bertz CT molecular complexity index is 1010. The molecule has 29 heavy (non-hydrogen) atoms. The van der Waals surface area contributed by atoms with Gasteiger partial charge in [-0.25, -0.2) is 12.8 Å². The van der Waals surface area contributed by atoms with Crippen molar-refractivity contribution in [2.45, 2.75) is 37.1 Å². The van der Waals surface area contributed by atoms with Crippen LogP contribution in [0.1, 0.15) is 30.4 Å². The first-order valence-corrected chi connectivity index (χ1v) is 11.6. The minimum absolute atomic E-state index is 0.00184. The molecule has 0 bridgehead atoms. The van der Waals surface area contributed by atoms with Gasteiger partial charge in [-0.15, -0.1) is 0 Å². The van der Waals surface area contributed by atoms with Gasteiger partial charge in [0.15, 0.2) is 9.84 Å². The molecule has 0 fully saturated rings. The minimum Gasteiger partial charge on any atom is -0.481 e. The molecule has 0 amide bonds. The molecule has 1 heterocycles. The third-order valence-electron chi connectivity index (χ3n) is 5.12. The number of hydrogen-bond donors (Lipinski definition) is 1. The van der Waals surface area contributed by atoms with Crippen molar-refractivity contribution >= 4 is 33.1 Å². The molecule has 156 valence electrons. The number of fused-ring (bicyclic) bond motifs is 1. The molecule has 3 rings (SSSR count). The summed E-state index contributed by atoms with van der Waals surface area (Å²) in [6, 6.07) is 9.62. The lowest BCUT2D eigenvalue weighted by atomic mass is 9.92. The molecule has 1 aliphatic rings. The van der Waals surface area contributed by atoms with E-state index in [0.29, 0.717) is 48.6 Å². The average Bonchev–Trinajstić information content (AvgIpc) is 2.60. The van der Waals surface area contributed by atoms with Crippen LogP contribution in [0, 0.1) is 11.7 Å². The van der Waals surface area contributed by atoms with Gasteiger partial charge in [0.2, 0.25) is 0 Å². The molecule has 0 saturated heterocycles. The van der Waals surface area contributed by atoms with E-state index in [4.69, 9.17) is 11.6 Å². The number of anilines is 1. The summed E-state index contributed by atoms with van der Waals surface area (Å²) < 4.78 is 39.1. The molecule has 0 aliphatic carbocycles. The van der Waals surface area contributed by atoms with Gasteiger partial charge >= 0.3 is 5.97 Å². The summed E-state index contributed by atoms with van der Waals surface area (Å²) in [5, 5.41) is 9.86. The van der Waals surface area contributed by atoms with Crippen LogP contribution in [0.3, 0.4) is 0 Å². The highest BCUT2D eigenvalue weighted by atomic mass is 35.5. The zero-order valence-corrected chi connectivity index (χ0v) is 17.6. The van der Waals surface area contributed by atoms with E-state index in [1.807, 2.05) is 17.0 Å². The zero-order chi connectivity index (χ0) is 21.2. The number of carboxylic acid groups (broad SMARTS) is 1. The Balaban J connectivity index is 2.11. The first kappa shape index (κ1) is 21.6. The number of aliphatic carboxylic acids is 1. The van der Waals surface area contributed by atoms with Gasteiger partial charge in [0.05, 0.1) is 10.6 Å². The SMILES string of the molecule is CS(=O)(=O)c1cc(F)cc2c1N(Cc1ccc(Cl)cc1)C[C@@H](CC(=O)O)CCC2. The number of hydrogen-bond acceptors (Lipinski definition) is 4. The van der Waals surface area contributed by atoms with Crippen molar-refractivity contribution in [2.75, 3.05) is 17.7 Å². The number of halogens is 2. The second kappa shape index (κ2) is 8.71. The van der Waals surface area contributed by atoms with Gasteiger partial charge < -0.3 is 10.0 Å². The number of carbonyl (C=O) groups is 1. The number of nitrogens with zero attached hydrogens (tertiary/aromatic N) is 1. The zero-order valence-electron chi connectivity index (χ0n) is 16.1. The summed E-state index contributed by atoms with van der Waals surface area (Å²) in [4.78, 5) is 13.1. The largest absolute Gasteiger partial charge is 0.481 e. The number of rotatable bonds is 5. The van der Waals surface area contributed by atoms with Crippen molar-refractivity contribution in [3.8, 4) is 0 Å².